The molecule has 0 saturated heterocycles. The zero-order valence-electron chi connectivity index (χ0n) is 16.1. The van der Waals surface area contributed by atoms with Crippen molar-refractivity contribution in [2.45, 2.75) is 13.0 Å². The van der Waals surface area contributed by atoms with Crippen molar-refractivity contribution in [1.29, 1.82) is 0 Å². The summed E-state index contributed by atoms with van der Waals surface area (Å²) in [5.74, 6) is 0.162. The minimum absolute atomic E-state index is 0.0341. The van der Waals surface area contributed by atoms with E-state index in [-0.39, 0.29) is 22.6 Å². The molecular formula is C23H13FN2O4S. The molecule has 6 rings (SSSR count). The van der Waals surface area contributed by atoms with Crippen LogP contribution in [-0.2, 0) is 0 Å². The minimum atomic E-state index is -0.831. The molecule has 5 aromatic rings. The Hall–Kier alpha value is -3.78. The molecule has 0 N–H and O–H groups in total. The number of anilines is 1. The van der Waals surface area contributed by atoms with Crippen molar-refractivity contribution in [3.63, 3.8) is 0 Å². The van der Waals surface area contributed by atoms with Crippen LogP contribution in [0.15, 0.2) is 68.2 Å². The Kier molecular flexibility index (Phi) is 3.70. The minimum Gasteiger partial charge on any atom is -0.464 e. The second-order valence-corrected chi connectivity index (χ2v) is 8.31. The normalized spacial score (nSPS) is 15.9. The van der Waals surface area contributed by atoms with Crippen molar-refractivity contribution in [1.82, 2.24) is 4.98 Å². The maximum atomic E-state index is 13.7. The van der Waals surface area contributed by atoms with Crippen molar-refractivity contribution < 1.29 is 18.0 Å². The number of fused-ring (bicyclic) bond motifs is 3. The van der Waals surface area contributed by atoms with Gasteiger partial charge in [0.05, 0.1) is 21.2 Å². The van der Waals surface area contributed by atoms with Crippen LogP contribution in [0.4, 0.5) is 9.52 Å². The van der Waals surface area contributed by atoms with Gasteiger partial charge in [-0.1, -0.05) is 23.5 Å². The van der Waals surface area contributed by atoms with Gasteiger partial charge in [0.2, 0.25) is 5.76 Å². The molecule has 1 aliphatic heterocycles. The molecule has 3 aromatic heterocycles. The first-order valence-electron chi connectivity index (χ1n) is 9.53. The summed E-state index contributed by atoms with van der Waals surface area (Å²) in [5, 5.41) is 0.718. The Morgan fingerprint density at radius 1 is 1.06 bits per heavy atom. The fourth-order valence-corrected chi connectivity index (χ4v) is 4.99. The van der Waals surface area contributed by atoms with Crippen LogP contribution in [-0.4, -0.2) is 10.9 Å². The van der Waals surface area contributed by atoms with E-state index < -0.39 is 11.9 Å². The third-order valence-corrected chi connectivity index (χ3v) is 6.37. The quantitative estimate of drug-likeness (QED) is 0.384. The maximum absolute atomic E-state index is 13.7. The molecule has 0 saturated carbocycles. The van der Waals surface area contributed by atoms with Crippen LogP contribution in [0.2, 0.25) is 0 Å². The van der Waals surface area contributed by atoms with E-state index in [0.717, 1.165) is 0 Å². The fraction of sp³-hybridized carbons (Fsp3) is 0.0870. The number of hydrogen-bond acceptors (Lipinski definition) is 6. The Morgan fingerprint density at radius 3 is 2.71 bits per heavy atom. The summed E-state index contributed by atoms with van der Waals surface area (Å²) in [6.07, 6.45) is 0. The molecule has 152 valence electrons. The molecule has 8 heteroatoms. The number of benzene rings is 2. The lowest BCUT2D eigenvalue weighted by Gasteiger charge is -2.20. The largest absolute Gasteiger partial charge is 0.464 e. The van der Waals surface area contributed by atoms with E-state index in [2.05, 4.69) is 4.98 Å². The number of nitrogens with zero attached hydrogens (tertiary/aromatic N) is 2. The summed E-state index contributed by atoms with van der Waals surface area (Å²) in [4.78, 5) is 32.8. The van der Waals surface area contributed by atoms with Crippen LogP contribution in [0.5, 0.6) is 0 Å². The molecule has 31 heavy (non-hydrogen) atoms. The number of amides is 1. The lowest BCUT2D eigenvalue weighted by Crippen LogP contribution is -2.29. The number of aryl methyl sites for hydroxylation is 1. The zero-order valence-corrected chi connectivity index (χ0v) is 16.9. The number of rotatable bonds is 2. The van der Waals surface area contributed by atoms with Gasteiger partial charge in [-0.05, 0) is 49.4 Å². The van der Waals surface area contributed by atoms with Gasteiger partial charge >= 0.3 is 0 Å². The molecule has 0 bridgehead atoms. The standard InChI is InChI=1S/C23H13FN2O4S/c1-11-6-9-16(29-11)19-18-20(27)13-4-2-3-5-15(13)30-21(18)22(28)26(19)23-25-14-8-7-12(24)10-17(14)31-23/h2-10,19H,1H3/t19-/m0/s1. The van der Waals surface area contributed by atoms with Gasteiger partial charge in [0, 0.05) is 0 Å². The average molecular weight is 432 g/mol. The molecule has 6 nitrogen and oxygen atoms in total. The van der Waals surface area contributed by atoms with E-state index in [4.69, 9.17) is 8.83 Å². The average Bonchev–Trinajstić information content (AvgIpc) is 3.44. The molecule has 2 aromatic carbocycles. The van der Waals surface area contributed by atoms with Crippen LogP contribution < -0.4 is 10.3 Å². The molecule has 0 unspecified atom stereocenters. The lowest BCUT2D eigenvalue weighted by molar-refractivity contribution is 0.0969. The van der Waals surface area contributed by atoms with Gasteiger partial charge < -0.3 is 8.83 Å². The Balaban J connectivity index is 1.64. The summed E-state index contributed by atoms with van der Waals surface area (Å²) >= 11 is 1.17. The molecule has 0 radical (unpaired) electrons. The number of hydrogen-bond donors (Lipinski definition) is 0. The lowest BCUT2D eigenvalue weighted by atomic mass is 10.0. The first kappa shape index (κ1) is 18.0. The van der Waals surface area contributed by atoms with E-state index in [1.807, 2.05) is 0 Å². The van der Waals surface area contributed by atoms with E-state index in [1.54, 1.807) is 49.4 Å². The van der Waals surface area contributed by atoms with Crippen molar-refractivity contribution in [3.05, 3.63) is 93.5 Å². The number of para-hydroxylation sites is 1. The predicted molar refractivity (Wildman–Crippen MR) is 114 cm³/mol. The van der Waals surface area contributed by atoms with E-state index >= 15 is 0 Å². The maximum Gasteiger partial charge on any atom is 0.297 e. The SMILES string of the molecule is Cc1ccc([C@H]2c3c(oc4ccccc4c3=O)C(=O)N2c2nc3ccc(F)cc3s2)o1. The van der Waals surface area contributed by atoms with E-state index in [0.29, 0.717) is 37.8 Å². The smallest absolute Gasteiger partial charge is 0.297 e. The predicted octanol–water partition coefficient (Wildman–Crippen LogP) is 5.19. The number of furan rings is 1. The highest BCUT2D eigenvalue weighted by Crippen LogP contribution is 2.44. The summed E-state index contributed by atoms with van der Waals surface area (Å²) < 4.78 is 26.0. The third-order valence-electron chi connectivity index (χ3n) is 5.35. The summed E-state index contributed by atoms with van der Waals surface area (Å²) in [7, 11) is 0. The van der Waals surface area contributed by atoms with Crippen molar-refractivity contribution in [2.24, 2.45) is 0 Å². The van der Waals surface area contributed by atoms with Crippen LogP contribution in [0, 0.1) is 12.7 Å². The highest BCUT2D eigenvalue weighted by atomic mass is 32.1. The zero-order chi connectivity index (χ0) is 21.3. The second kappa shape index (κ2) is 6.36. The van der Waals surface area contributed by atoms with Crippen LogP contribution >= 0.6 is 11.3 Å². The van der Waals surface area contributed by atoms with Crippen molar-refractivity contribution in [3.8, 4) is 0 Å². The van der Waals surface area contributed by atoms with Crippen LogP contribution in [0.1, 0.15) is 33.7 Å². The number of carbonyl (C=O) groups is 1. The van der Waals surface area contributed by atoms with Gasteiger partial charge in [0.1, 0.15) is 29.0 Å². The Bertz CT molecular complexity index is 1580. The van der Waals surface area contributed by atoms with Gasteiger partial charge in [-0.2, -0.15) is 0 Å². The second-order valence-electron chi connectivity index (χ2n) is 7.30. The molecule has 0 fully saturated rings. The Morgan fingerprint density at radius 2 is 1.90 bits per heavy atom. The number of aromatic nitrogens is 1. The molecule has 1 amide bonds. The first-order valence-corrected chi connectivity index (χ1v) is 10.3. The van der Waals surface area contributed by atoms with E-state index in [1.165, 1.54) is 28.4 Å². The number of carbonyl (C=O) groups excluding carboxylic acids is 1. The summed E-state index contributed by atoms with van der Waals surface area (Å²) in [5.41, 5.74) is 0.813. The molecule has 1 aliphatic rings. The number of thiazole rings is 1. The van der Waals surface area contributed by atoms with Gasteiger partial charge in [-0.25, -0.2) is 9.37 Å². The number of halogens is 1. The third kappa shape index (κ3) is 2.58. The fourth-order valence-electron chi connectivity index (χ4n) is 3.98. The molecule has 1 atom stereocenters. The van der Waals surface area contributed by atoms with Gasteiger partial charge in [-0.15, -0.1) is 0 Å². The van der Waals surface area contributed by atoms with Gasteiger partial charge in [-0.3, -0.25) is 14.5 Å². The molecule has 4 heterocycles. The van der Waals surface area contributed by atoms with Gasteiger partial charge in [0.15, 0.2) is 10.6 Å². The highest BCUT2D eigenvalue weighted by molar-refractivity contribution is 7.22. The molecule has 0 aliphatic carbocycles. The topological polar surface area (TPSA) is 76.6 Å². The Labute approximate surface area is 178 Å². The summed E-state index contributed by atoms with van der Waals surface area (Å²) in [6, 6.07) is 13.7. The molecule has 0 spiro atoms. The van der Waals surface area contributed by atoms with Gasteiger partial charge in [0.25, 0.3) is 5.91 Å². The van der Waals surface area contributed by atoms with Crippen LogP contribution in [0.3, 0.4) is 0 Å². The monoisotopic (exact) mass is 432 g/mol. The van der Waals surface area contributed by atoms with Crippen LogP contribution in [0.25, 0.3) is 21.2 Å². The van der Waals surface area contributed by atoms with Crippen molar-refractivity contribution in [2.75, 3.05) is 4.90 Å². The van der Waals surface area contributed by atoms with E-state index in [9.17, 15) is 14.0 Å². The molecular weight excluding hydrogens is 419 g/mol. The van der Waals surface area contributed by atoms with Crippen molar-refractivity contribution >= 4 is 43.6 Å². The first-order chi connectivity index (χ1) is 15.0. The summed E-state index contributed by atoms with van der Waals surface area (Å²) in [6.45, 7) is 1.79. The highest BCUT2D eigenvalue weighted by Gasteiger charge is 2.46.